The molecular weight excluding hydrogens is 246 g/mol. The summed E-state index contributed by atoms with van der Waals surface area (Å²) < 4.78 is 28.1. The fraction of sp³-hybridized carbons (Fsp3) is 0.562. The molecule has 1 aliphatic rings. The van der Waals surface area contributed by atoms with Crippen LogP contribution in [0.2, 0.25) is 0 Å². The third-order valence-electron chi connectivity index (χ3n) is 4.01. The van der Waals surface area contributed by atoms with Gasteiger partial charge in [-0.1, -0.05) is 32.0 Å². The molecule has 1 fully saturated rings. The lowest BCUT2D eigenvalue weighted by Crippen LogP contribution is -2.21. The van der Waals surface area contributed by atoms with E-state index < -0.39 is 11.8 Å². The molecule has 1 aromatic rings. The molecule has 104 valence electrons. The summed E-state index contributed by atoms with van der Waals surface area (Å²) in [6, 6.07) is 6.73. The summed E-state index contributed by atoms with van der Waals surface area (Å²) in [4.78, 5) is 11.2. The highest BCUT2D eigenvalue weighted by atomic mass is 19.3. The molecule has 1 aromatic carbocycles. The van der Waals surface area contributed by atoms with Crippen LogP contribution in [0.25, 0.3) is 0 Å². The van der Waals surface area contributed by atoms with Gasteiger partial charge in [0.05, 0.1) is 0 Å². The molecule has 0 saturated heterocycles. The Bertz CT molecular complexity index is 456. The van der Waals surface area contributed by atoms with Crippen molar-refractivity contribution in [1.82, 2.24) is 0 Å². The predicted octanol–water partition coefficient (Wildman–Crippen LogP) is 4.66. The molecule has 0 amide bonds. The first-order chi connectivity index (χ1) is 8.91. The Hall–Kier alpha value is -1.25. The lowest BCUT2D eigenvalue weighted by Gasteiger charge is -2.25. The van der Waals surface area contributed by atoms with Crippen LogP contribution in [0.5, 0.6) is 0 Å². The molecule has 1 nitrogen and oxygen atoms in total. The van der Waals surface area contributed by atoms with Crippen molar-refractivity contribution in [2.75, 3.05) is 0 Å². The van der Waals surface area contributed by atoms with Crippen LogP contribution < -0.4 is 0 Å². The van der Waals surface area contributed by atoms with Crippen LogP contribution in [0.15, 0.2) is 24.3 Å². The minimum atomic E-state index is -2.79. The Balaban J connectivity index is 2.22. The lowest BCUT2D eigenvalue weighted by atomic mass is 9.82. The predicted molar refractivity (Wildman–Crippen MR) is 71.4 cm³/mol. The van der Waals surface area contributed by atoms with Crippen LogP contribution in [-0.4, -0.2) is 5.78 Å². The fourth-order valence-electron chi connectivity index (χ4n) is 2.61. The Labute approximate surface area is 113 Å². The minimum absolute atomic E-state index is 0.0944. The summed E-state index contributed by atoms with van der Waals surface area (Å²) in [7, 11) is 0. The molecule has 0 aromatic heterocycles. The number of ketones is 1. The molecule has 2 rings (SSSR count). The Morgan fingerprint density at radius 1 is 1.21 bits per heavy atom. The van der Waals surface area contributed by atoms with Crippen LogP contribution in [0.1, 0.15) is 56.6 Å². The number of hydrogen-bond acceptors (Lipinski definition) is 1. The van der Waals surface area contributed by atoms with Gasteiger partial charge in [0.1, 0.15) is 5.78 Å². The average Bonchev–Trinajstić information content (AvgIpc) is 2.39. The van der Waals surface area contributed by atoms with Gasteiger partial charge in [0.2, 0.25) is 0 Å². The van der Waals surface area contributed by atoms with Crippen LogP contribution in [0.3, 0.4) is 0 Å². The molecule has 0 unspecified atom stereocenters. The number of carbonyl (C=O) groups is 1. The topological polar surface area (TPSA) is 17.1 Å². The van der Waals surface area contributed by atoms with Crippen LogP contribution in [0.4, 0.5) is 8.78 Å². The second-order valence-electron chi connectivity index (χ2n) is 5.72. The van der Waals surface area contributed by atoms with Crippen LogP contribution >= 0.6 is 0 Å². The molecular formula is C16H20F2O. The molecule has 1 saturated carbocycles. The molecule has 0 radical (unpaired) electrons. The van der Waals surface area contributed by atoms with E-state index in [4.69, 9.17) is 0 Å². The van der Waals surface area contributed by atoms with Gasteiger partial charge in [-0.15, -0.1) is 0 Å². The first kappa shape index (κ1) is 14.2. The second kappa shape index (κ2) is 5.40. The summed E-state index contributed by atoms with van der Waals surface area (Å²) in [5.74, 6) is -2.96. The van der Waals surface area contributed by atoms with Crippen molar-refractivity contribution in [1.29, 1.82) is 0 Å². The van der Waals surface area contributed by atoms with Gasteiger partial charge >= 0.3 is 0 Å². The smallest absolute Gasteiger partial charge is 0.275 e. The zero-order chi connectivity index (χ0) is 14.0. The third-order valence-corrected chi connectivity index (χ3v) is 4.01. The minimum Gasteiger partial charge on any atom is -0.300 e. The van der Waals surface area contributed by atoms with Crippen LogP contribution in [0, 0.1) is 5.92 Å². The summed E-state index contributed by atoms with van der Waals surface area (Å²) in [5, 5.41) is 0. The highest BCUT2D eigenvalue weighted by Gasteiger charge is 2.36. The molecule has 0 spiro atoms. The summed E-state index contributed by atoms with van der Waals surface area (Å²) in [5.41, 5.74) is 1.04. The zero-order valence-electron chi connectivity index (χ0n) is 11.5. The second-order valence-corrected chi connectivity index (χ2v) is 5.72. The van der Waals surface area contributed by atoms with E-state index in [1.54, 1.807) is 12.1 Å². The number of carbonyl (C=O) groups excluding carboxylic acids is 1. The van der Waals surface area contributed by atoms with Gasteiger partial charge in [-0.05, 0) is 30.4 Å². The van der Waals surface area contributed by atoms with Crippen molar-refractivity contribution in [3.63, 3.8) is 0 Å². The van der Waals surface area contributed by atoms with E-state index in [1.807, 2.05) is 6.07 Å². The Morgan fingerprint density at radius 2 is 1.84 bits per heavy atom. The first-order valence-corrected chi connectivity index (χ1v) is 6.91. The fourth-order valence-corrected chi connectivity index (χ4v) is 2.61. The highest BCUT2D eigenvalue weighted by Crippen LogP contribution is 2.38. The van der Waals surface area contributed by atoms with Crippen molar-refractivity contribution < 1.29 is 13.6 Å². The van der Waals surface area contributed by atoms with E-state index in [2.05, 4.69) is 0 Å². The average molecular weight is 266 g/mol. The SMILES string of the molecule is CC(C)C(F)(F)c1cccc(C2CCC(=O)CC2)c1. The van der Waals surface area contributed by atoms with Crippen molar-refractivity contribution in [3.8, 4) is 0 Å². The van der Waals surface area contributed by atoms with E-state index in [0.717, 1.165) is 18.4 Å². The molecule has 19 heavy (non-hydrogen) atoms. The van der Waals surface area contributed by atoms with E-state index in [9.17, 15) is 13.6 Å². The molecule has 0 aliphatic heterocycles. The van der Waals surface area contributed by atoms with Gasteiger partial charge in [-0.2, -0.15) is 0 Å². The van der Waals surface area contributed by atoms with Gasteiger partial charge in [-0.25, -0.2) is 8.78 Å². The molecule has 1 aliphatic carbocycles. The largest absolute Gasteiger partial charge is 0.300 e. The number of rotatable bonds is 3. The zero-order valence-corrected chi connectivity index (χ0v) is 11.5. The van der Waals surface area contributed by atoms with Gasteiger partial charge in [-0.3, -0.25) is 4.79 Å². The maximum atomic E-state index is 14.0. The van der Waals surface area contributed by atoms with E-state index in [1.165, 1.54) is 19.9 Å². The van der Waals surface area contributed by atoms with Crippen molar-refractivity contribution in [2.45, 2.75) is 51.4 Å². The number of hydrogen-bond donors (Lipinski definition) is 0. The molecule has 3 heteroatoms. The number of halogens is 2. The molecule has 0 bridgehead atoms. The normalized spacial score (nSPS) is 18.1. The molecule has 0 heterocycles. The summed E-state index contributed by atoms with van der Waals surface area (Å²) in [6.45, 7) is 3.07. The lowest BCUT2D eigenvalue weighted by molar-refractivity contribution is -0.120. The highest BCUT2D eigenvalue weighted by molar-refractivity contribution is 5.79. The third kappa shape index (κ3) is 3.02. The van der Waals surface area contributed by atoms with Gasteiger partial charge in [0.15, 0.2) is 0 Å². The molecule has 0 N–H and O–H groups in total. The van der Waals surface area contributed by atoms with Crippen molar-refractivity contribution in [2.24, 2.45) is 5.92 Å². The number of alkyl halides is 2. The van der Waals surface area contributed by atoms with E-state index >= 15 is 0 Å². The Kier molecular flexibility index (Phi) is 4.02. The summed E-state index contributed by atoms with van der Waals surface area (Å²) in [6.07, 6.45) is 2.73. The van der Waals surface area contributed by atoms with E-state index in [0.29, 0.717) is 18.6 Å². The Morgan fingerprint density at radius 3 is 2.42 bits per heavy atom. The standard InChI is InChI=1S/C16H20F2O/c1-11(2)16(17,18)14-5-3-4-13(10-14)12-6-8-15(19)9-7-12/h3-5,10-12H,6-9H2,1-2H3. The number of Topliss-reactive ketones (excluding diaryl/α,β-unsaturated/α-hetero) is 1. The van der Waals surface area contributed by atoms with Crippen molar-refractivity contribution >= 4 is 5.78 Å². The van der Waals surface area contributed by atoms with E-state index in [-0.39, 0.29) is 11.5 Å². The van der Waals surface area contributed by atoms with Gasteiger partial charge in [0.25, 0.3) is 5.92 Å². The van der Waals surface area contributed by atoms with Gasteiger partial charge in [0, 0.05) is 24.3 Å². The monoisotopic (exact) mass is 266 g/mol. The number of benzene rings is 1. The molecule has 0 atom stereocenters. The first-order valence-electron chi connectivity index (χ1n) is 6.91. The van der Waals surface area contributed by atoms with Gasteiger partial charge < -0.3 is 0 Å². The van der Waals surface area contributed by atoms with Crippen molar-refractivity contribution in [3.05, 3.63) is 35.4 Å². The summed E-state index contributed by atoms with van der Waals surface area (Å²) >= 11 is 0. The van der Waals surface area contributed by atoms with Crippen LogP contribution in [-0.2, 0) is 10.7 Å². The maximum Gasteiger partial charge on any atom is 0.275 e. The maximum absolute atomic E-state index is 14.0. The quantitative estimate of drug-likeness (QED) is 0.777.